The van der Waals surface area contributed by atoms with Crippen molar-refractivity contribution in [3.8, 4) is 0 Å². The van der Waals surface area contributed by atoms with Gasteiger partial charge in [-0.25, -0.2) is 4.79 Å². The molecule has 0 spiro atoms. The third-order valence-electron chi connectivity index (χ3n) is 1.10. The molecule has 0 radical (unpaired) electrons. The van der Waals surface area contributed by atoms with Crippen molar-refractivity contribution >= 4 is 11.7 Å². The van der Waals surface area contributed by atoms with Crippen LogP contribution in [0.1, 0.15) is 20.3 Å². The summed E-state index contributed by atoms with van der Waals surface area (Å²) in [7, 11) is 0. The second-order valence-electron chi connectivity index (χ2n) is 2.02. The van der Waals surface area contributed by atoms with E-state index < -0.39 is 5.97 Å². The Kier molecular flexibility index (Phi) is 5.57. The van der Waals surface area contributed by atoms with E-state index in [1.54, 1.807) is 13.0 Å². The summed E-state index contributed by atoms with van der Waals surface area (Å²) >= 11 is 0. The van der Waals surface area contributed by atoms with Gasteiger partial charge in [-0.2, -0.15) is 4.79 Å². The third-order valence-corrected chi connectivity index (χ3v) is 1.10. The number of rotatable bonds is 4. The molecule has 0 aliphatic carbocycles. The van der Waals surface area contributed by atoms with Crippen LogP contribution in [0.2, 0.25) is 0 Å². The average molecular weight is 168 g/mol. The summed E-state index contributed by atoms with van der Waals surface area (Å²) in [5.74, 6) is -0.607. The van der Waals surface area contributed by atoms with Crippen LogP contribution < -0.4 is 0 Å². The fourth-order valence-corrected chi connectivity index (χ4v) is 0.577. The van der Waals surface area contributed by atoms with Gasteiger partial charge in [0, 0.05) is 6.08 Å². The van der Waals surface area contributed by atoms with Crippen molar-refractivity contribution in [1.29, 1.82) is 0 Å². The highest BCUT2D eigenvalue weighted by Gasteiger charge is 2.16. The van der Waals surface area contributed by atoms with Gasteiger partial charge in [-0.3, -0.25) is 0 Å². The Morgan fingerprint density at radius 1 is 1.58 bits per heavy atom. The van der Waals surface area contributed by atoms with E-state index in [0.717, 1.165) is 6.42 Å². The molecule has 0 unspecified atom stereocenters. The predicted octanol–water partition coefficient (Wildman–Crippen LogP) is 1.19. The molecule has 0 aliphatic rings. The first-order valence-electron chi connectivity index (χ1n) is 3.82. The van der Waals surface area contributed by atoms with Gasteiger partial charge >= 0.3 is 11.7 Å². The van der Waals surface area contributed by atoms with Gasteiger partial charge in [-0.15, -0.1) is 0 Å². The number of nitrogens with zero attached hydrogens (tertiary/aromatic N) is 2. The number of carbonyl (C=O) groups is 1. The molecule has 0 heterocycles. The Balaban J connectivity index is 4.27. The SMILES string of the molecule is CC/C=C/C(=[N+]=[N-])C(=O)OCC. The zero-order valence-corrected chi connectivity index (χ0v) is 7.28. The minimum atomic E-state index is -0.607. The van der Waals surface area contributed by atoms with Gasteiger partial charge < -0.3 is 10.3 Å². The number of allylic oxidation sites excluding steroid dienone is 1. The van der Waals surface area contributed by atoms with Crippen molar-refractivity contribution in [2.24, 2.45) is 0 Å². The Bertz CT molecular complexity index is 227. The Hall–Kier alpha value is -1.41. The molecule has 0 aliphatic heterocycles. The van der Waals surface area contributed by atoms with Crippen LogP contribution in [0.25, 0.3) is 5.53 Å². The first-order valence-corrected chi connectivity index (χ1v) is 3.82. The van der Waals surface area contributed by atoms with E-state index >= 15 is 0 Å². The highest BCUT2D eigenvalue weighted by atomic mass is 16.5. The van der Waals surface area contributed by atoms with E-state index in [2.05, 4.69) is 9.53 Å². The Morgan fingerprint density at radius 2 is 2.25 bits per heavy atom. The third kappa shape index (κ3) is 3.68. The molecular formula is C8H12N2O2. The molecule has 0 rings (SSSR count). The summed E-state index contributed by atoms with van der Waals surface area (Å²) in [4.78, 5) is 13.7. The first-order chi connectivity index (χ1) is 5.76. The van der Waals surface area contributed by atoms with E-state index in [1.807, 2.05) is 6.92 Å². The molecule has 0 fully saturated rings. The fraction of sp³-hybridized carbons (Fsp3) is 0.500. The number of carbonyl (C=O) groups excluding carboxylic acids is 1. The van der Waals surface area contributed by atoms with E-state index in [9.17, 15) is 4.79 Å². The lowest BCUT2D eigenvalue weighted by Gasteiger charge is -1.92. The molecule has 12 heavy (non-hydrogen) atoms. The lowest BCUT2D eigenvalue weighted by Crippen LogP contribution is -2.16. The molecular weight excluding hydrogens is 156 g/mol. The van der Waals surface area contributed by atoms with Crippen molar-refractivity contribution in [3.05, 3.63) is 17.7 Å². The van der Waals surface area contributed by atoms with Crippen LogP contribution >= 0.6 is 0 Å². The van der Waals surface area contributed by atoms with Crippen molar-refractivity contribution < 1.29 is 14.3 Å². The van der Waals surface area contributed by atoms with Gasteiger partial charge in [0.1, 0.15) is 0 Å². The van der Waals surface area contributed by atoms with Gasteiger partial charge in [0.05, 0.1) is 6.61 Å². The summed E-state index contributed by atoms with van der Waals surface area (Å²) in [5.41, 5.74) is 8.31. The zero-order chi connectivity index (χ0) is 9.40. The Morgan fingerprint density at radius 3 is 2.67 bits per heavy atom. The van der Waals surface area contributed by atoms with Gasteiger partial charge in [-0.05, 0) is 13.3 Å². The average Bonchev–Trinajstić information content (AvgIpc) is 2.06. The fourth-order valence-electron chi connectivity index (χ4n) is 0.577. The standard InChI is InChI=1S/C8H12N2O2/c1-3-5-6-7(10-9)8(11)12-4-2/h5-6H,3-4H2,1-2H3/b6-5+. The minimum absolute atomic E-state index is 0.0706. The smallest absolute Gasteiger partial charge is 0.421 e. The monoisotopic (exact) mass is 168 g/mol. The number of hydrogen-bond acceptors (Lipinski definition) is 2. The van der Waals surface area contributed by atoms with E-state index in [1.165, 1.54) is 6.08 Å². The summed E-state index contributed by atoms with van der Waals surface area (Å²) in [5, 5.41) is 0. The number of esters is 1. The zero-order valence-electron chi connectivity index (χ0n) is 7.28. The maximum Gasteiger partial charge on any atom is 0.421 e. The number of ether oxygens (including phenoxy) is 1. The lowest BCUT2D eigenvalue weighted by molar-refractivity contribution is -0.139. The minimum Gasteiger partial charge on any atom is -0.457 e. The van der Waals surface area contributed by atoms with Crippen LogP contribution in [-0.4, -0.2) is 23.1 Å². The Labute approximate surface area is 71.5 Å². The summed E-state index contributed by atoms with van der Waals surface area (Å²) in [6.45, 7) is 3.88. The molecule has 0 saturated heterocycles. The van der Waals surface area contributed by atoms with Crippen LogP contribution in [0.3, 0.4) is 0 Å². The van der Waals surface area contributed by atoms with Gasteiger partial charge in [0.15, 0.2) is 0 Å². The van der Waals surface area contributed by atoms with Crippen molar-refractivity contribution in [1.82, 2.24) is 0 Å². The maximum atomic E-state index is 10.9. The van der Waals surface area contributed by atoms with Crippen LogP contribution in [0.15, 0.2) is 12.2 Å². The molecule has 0 N–H and O–H groups in total. The van der Waals surface area contributed by atoms with Crippen LogP contribution in [0, 0.1) is 0 Å². The topological polar surface area (TPSA) is 62.7 Å². The molecule has 66 valence electrons. The highest BCUT2D eigenvalue weighted by Crippen LogP contribution is 1.86. The summed E-state index contributed by atoms with van der Waals surface area (Å²) in [6, 6.07) is 0. The van der Waals surface area contributed by atoms with Crippen molar-refractivity contribution in [2.45, 2.75) is 20.3 Å². The molecule has 0 aromatic carbocycles. The molecule has 0 atom stereocenters. The van der Waals surface area contributed by atoms with Crippen LogP contribution in [0.5, 0.6) is 0 Å². The molecule has 0 saturated carbocycles. The first kappa shape index (κ1) is 10.6. The molecule has 4 nitrogen and oxygen atoms in total. The molecule has 0 aromatic rings. The van der Waals surface area contributed by atoms with Gasteiger partial charge in [0.2, 0.25) is 0 Å². The predicted molar refractivity (Wildman–Crippen MR) is 44.7 cm³/mol. The van der Waals surface area contributed by atoms with Crippen molar-refractivity contribution in [3.63, 3.8) is 0 Å². The normalized spacial score (nSPS) is 9.50. The van der Waals surface area contributed by atoms with Gasteiger partial charge in [0.25, 0.3) is 0 Å². The second kappa shape index (κ2) is 6.31. The maximum absolute atomic E-state index is 10.9. The molecule has 0 aromatic heterocycles. The quantitative estimate of drug-likeness (QED) is 0.274. The number of hydrogen-bond donors (Lipinski definition) is 0. The lowest BCUT2D eigenvalue weighted by atomic mass is 10.3. The molecule has 0 bridgehead atoms. The molecule has 0 amide bonds. The van der Waals surface area contributed by atoms with Crippen molar-refractivity contribution in [2.75, 3.05) is 6.61 Å². The highest BCUT2D eigenvalue weighted by molar-refractivity contribution is 6.38. The summed E-state index contributed by atoms with van der Waals surface area (Å²) < 4.78 is 4.61. The van der Waals surface area contributed by atoms with E-state index in [-0.39, 0.29) is 12.3 Å². The second-order valence-corrected chi connectivity index (χ2v) is 2.02. The van der Waals surface area contributed by atoms with Crippen LogP contribution in [-0.2, 0) is 9.53 Å². The van der Waals surface area contributed by atoms with E-state index in [0.29, 0.717) is 0 Å². The molecule has 4 heteroatoms. The van der Waals surface area contributed by atoms with E-state index in [4.69, 9.17) is 5.53 Å². The van der Waals surface area contributed by atoms with Crippen LogP contribution in [0.4, 0.5) is 0 Å². The van der Waals surface area contributed by atoms with Gasteiger partial charge in [-0.1, -0.05) is 13.0 Å². The largest absolute Gasteiger partial charge is 0.457 e. The summed E-state index contributed by atoms with van der Waals surface area (Å²) in [6.07, 6.45) is 3.92.